The third-order valence-electron chi connectivity index (χ3n) is 8.08. The van der Waals surface area contributed by atoms with Gasteiger partial charge in [-0.15, -0.1) is 13.2 Å². The smallest absolute Gasteiger partial charge is 0.550 e. The molecule has 226 valence electrons. The number of rotatable bonds is 9. The Morgan fingerprint density at radius 1 is 1.09 bits per heavy atom. The summed E-state index contributed by atoms with van der Waals surface area (Å²) in [5.74, 6) is -1.95. The van der Waals surface area contributed by atoms with Gasteiger partial charge in [0.15, 0.2) is 0 Å². The van der Waals surface area contributed by atoms with E-state index in [9.17, 15) is 32.7 Å². The van der Waals surface area contributed by atoms with Crippen molar-refractivity contribution in [3.05, 3.63) is 65.2 Å². The zero-order valence-corrected chi connectivity index (χ0v) is 26.9. The van der Waals surface area contributed by atoms with Crippen LogP contribution in [0.25, 0.3) is 0 Å². The second-order valence-electron chi connectivity index (χ2n) is 11.9. The van der Waals surface area contributed by atoms with Crippen LogP contribution >= 0.6 is 0 Å². The molecule has 4 rings (SSSR count). The van der Waals surface area contributed by atoms with Gasteiger partial charge in [-0.3, -0.25) is 14.6 Å². The minimum absolute atomic E-state index is 0. The predicted octanol–water partition coefficient (Wildman–Crippen LogP) is 1.27. The Bertz CT molecular complexity index is 1350. The Balaban J connectivity index is 0.00000506. The molecule has 2 amide bonds. The van der Waals surface area contributed by atoms with Gasteiger partial charge in [0.25, 0.3) is 11.8 Å². The van der Waals surface area contributed by atoms with Crippen LogP contribution in [0.1, 0.15) is 74.4 Å². The van der Waals surface area contributed by atoms with Crippen molar-refractivity contribution in [2.24, 2.45) is 16.3 Å². The van der Waals surface area contributed by atoms with Gasteiger partial charge >= 0.3 is 35.9 Å². The predicted molar refractivity (Wildman–Crippen MR) is 148 cm³/mol. The van der Waals surface area contributed by atoms with Crippen LogP contribution in [0.15, 0.2) is 53.5 Å². The summed E-state index contributed by atoms with van der Waals surface area (Å²) < 4.78 is 42.6. The maximum Gasteiger partial charge on any atom is 1.00 e. The summed E-state index contributed by atoms with van der Waals surface area (Å²) in [6.07, 6.45) is -1.64. The molecule has 1 spiro atoms. The molecule has 0 bridgehead atoms. The molecule has 0 unspecified atom stereocenters. The fraction of sp³-hybridized carbons (Fsp3) is 0.484. The first-order chi connectivity index (χ1) is 19.7. The second-order valence-corrected chi connectivity index (χ2v) is 11.9. The number of alkyl halides is 3. The van der Waals surface area contributed by atoms with Crippen molar-refractivity contribution in [1.29, 1.82) is 0 Å². The van der Waals surface area contributed by atoms with Gasteiger partial charge in [-0.25, -0.2) is 0 Å². The van der Waals surface area contributed by atoms with Crippen LogP contribution in [0.2, 0.25) is 0 Å². The molecule has 2 aliphatic rings. The van der Waals surface area contributed by atoms with Gasteiger partial charge in [-0.2, -0.15) is 0 Å². The number of nitrogens with zero attached hydrogens (tertiary/aromatic N) is 2. The Labute approximate surface area is 271 Å². The number of carbonyl (C=O) groups excluding carboxylic acids is 3. The van der Waals surface area contributed by atoms with Crippen LogP contribution in [-0.4, -0.2) is 53.5 Å². The molecule has 0 saturated heterocycles. The monoisotopic (exact) mass is 609 g/mol. The number of ether oxygens (including phenoxy) is 1. The van der Waals surface area contributed by atoms with Crippen molar-refractivity contribution in [1.82, 2.24) is 10.2 Å². The molecule has 8 nitrogen and oxygen atoms in total. The van der Waals surface area contributed by atoms with E-state index in [1.54, 1.807) is 35.2 Å². The van der Waals surface area contributed by atoms with E-state index in [2.05, 4.69) is 30.8 Å². The number of carboxylic acid groups (broad SMARTS) is 1. The summed E-state index contributed by atoms with van der Waals surface area (Å²) in [6.45, 7) is 6.89. The molecule has 2 aromatic rings. The summed E-state index contributed by atoms with van der Waals surface area (Å²) >= 11 is 0. The van der Waals surface area contributed by atoms with Crippen molar-refractivity contribution in [3.8, 4) is 5.75 Å². The van der Waals surface area contributed by atoms with Crippen molar-refractivity contribution in [2.75, 3.05) is 13.1 Å². The van der Waals surface area contributed by atoms with Crippen molar-refractivity contribution in [3.63, 3.8) is 0 Å². The zero-order valence-electron chi connectivity index (χ0n) is 24.9. The fourth-order valence-corrected chi connectivity index (χ4v) is 5.74. The van der Waals surface area contributed by atoms with E-state index >= 15 is 0 Å². The SMILES string of the molecule is CC(C)(C)C1CCC2(CC1)N=C(c1cccc(OC(F)(F)F)c1)C(=O)N2CCc1ccc(C(=O)NCCC(=O)[O-])cc1.[Na+]. The molecule has 1 heterocycles. The molecule has 2 aromatic carbocycles. The number of benzene rings is 2. The minimum Gasteiger partial charge on any atom is -0.550 e. The van der Waals surface area contributed by atoms with Gasteiger partial charge in [0.05, 0.1) is 0 Å². The standard InChI is InChI=1S/C31H36F3N3O5.Na/c1-29(2,3)23-11-15-30(16-12-23)36-26(22-5-4-6-24(19-22)42-31(32,33)34)28(41)37(30)18-14-20-7-9-21(10-8-20)27(40)35-17-13-25(38)39;/h4-10,19,23H,11-18H2,1-3H3,(H,35,40)(H,38,39);/q;+1/p-1. The van der Waals surface area contributed by atoms with E-state index in [-0.39, 0.29) is 65.1 Å². The number of halogens is 3. The molecule has 1 N–H and O–H groups in total. The third kappa shape index (κ3) is 8.83. The van der Waals surface area contributed by atoms with E-state index < -0.39 is 29.7 Å². The number of aliphatic carboxylic acids is 1. The molecule has 1 aliphatic carbocycles. The Kier molecular flexibility index (Phi) is 11.1. The first-order valence-electron chi connectivity index (χ1n) is 14.0. The van der Waals surface area contributed by atoms with Crippen LogP contribution < -0.4 is 44.7 Å². The quantitative estimate of drug-likeness (QED) is 0.431. The summed E-state index contributed by atoms with van der Waals surface area (Å²) in [4.78, 5) is 43.3. The first-order valence-corrected chi connectivity index (χ1v) is 14.0. The number of amides is 2. The van der Waals surface area contributed by atoms with Gasteiger partial charge in [-0.1, -0.05) is 45.0 Å². The van der Waals surface area contributed by atoms with Gasteiger partial charge < -0.3 is 24.9 Å². The van der Waals surface area contributed by atoms with Gasteiger partial charge in [0, 0.05) is 36.6 Å². The van der Waals surface area contributed by atoms with E-state index in [1.807, 2.05) is 0 Å². The topological polar surface area (TPSA) is 111 Å². The van der Waals surface area contributed by atoms with Gasteiger partial charge in [-0.05, 0) is 73.3 Å². The molecule has 0 atom stereocenters. The van der Waals surface area contributed by atoms with Crippen molar-refractivity contribution in [2.45, 2.75) is 71.3 Å². The maximum atomic E-state index is 13.8. The zero-order chi connectivity index (χ0) is 30.7. The molecule has 1 saturated carbocycles. The van der Waals surface area contributed by atoms with Gasteiger partial charge in [0.2, 0.25) is 0 Å². The Morgan fingerprint density at radius 3 is 2.33 bits per heavy atom. The minimum atomic E-state index is -4.86. The summed E-state index contributed by atoms with van der Waals surface area (Å²) in [6, 6.07) is 12.2. The van der Waals surface area contributed by atoms with Crippen molar-refractivity contribution >= 4 is 23.5 Å². The van der Waals surface area contributed by atoms with Crippen LogP contribution in [0.5, 0.6) is 5.75 Å². The molecule has 1 fully saturated rings. The average molecular weight is 610 g/mol. The van der Waals surface area contributed by atoms with Gasteiger partial charge in [0.1, 0.15) is 17.1 Å². The van der Waals surface area contributed by atoms with Crippen LogP contribution in [0, 0.1) is 11.3 Å². The van der Waals surface area contributed by atoms with E-state index in [4.69, 9.17) is 4.99 Å². The number of carbonyl (C=O) groups is 3. The largest absolute Gasteiger partial charge is 1.00 e. The maximum absolute atomic E-state index is 13.8. The van der Waals surface area contributed by atoms with E-state index in [0.717, 1.165) is 18.4 Å². The fourth-order valence-electron chi connectivity index (χ4n) is 5.74. The molecular weight excluding hydrogens is 574 g/mol. The number of aliphatic imine (C=N–C) groups is 1. The van der Waals surface area contributed by atoms with Crippen LogP contribution in [-0.2, 0) is 16.0 Å². The number of carboxylic acids is 1. The van der Waals surface area contributed by atoms with Crippen molar-refractivity contribution < 1.29 is 67.0 Å². The van der Waals surface area contributed by atoms with E-state index in [0.29, 0.717) is 37.3 Å². The summed E-state index contributed by atoms with van der Waals surface area (Å²) in [5.41, 5.74) is 0.965. The normalized spacial score (nSPS) is 20.4. The number of hydrogen-bond acceptors (Lipinski definition) is 6. The molecule has 12 heteroatoms. The molecule has 43 heavy (non-hydrogen) atoms. The first kappa shape index (κ1) is 34.6. The number of hydrogen-bond donors (Lipinski definition) is 1. The molecular formula is C31H35F3N3NaO5. The molecule has 0 radical (unpaired) electrons. The van der Waals surface area contributed by atoms with Crippen LogP contribution in [0.3, 0.4) is 0 Å². The Hall–Kier alpha value is -2.89. The van der Waals surface area contributed by atoms with E-state index in [1.165, 1.54) is 18.2 Å². The van der Waals surface area contributed by atoms with Crippen LogP contribution in [0.4, 0.5) is 13.2 Å². The average Bonchev–Trinajstić information content (AvgIpc) is 3.17. The molecule has 0 aromatic heterocycles. The third-order valence-corrected chi connectivity index (χ3v) is 8.08. The Morgan fingerprint density at radius 2 is 1.74 bits per heavy atom. The molecule has 1 aliphatic heterocycles. The summed E-state index contributed by atoms with van der Waals surface area (Å²) in [7, 11) is 0. The second kappa shape index (κ2) is 13.8. The number of nitrogens with one attached hydrogen (secondary N) is 1. The summed E-state index contributed by atoms with van der Waals surface area (Å²) in [5, 5.41) is 13.1.